The largest absolute Gasteiger partial charge is 0.0844 e. The van der Waals surface area contributed by atoms with Crippen LogP contribution in [0.3, 0.4) is 0 Å². The summed E-state index contributed by atoms with van der Waals surface area (Å²) in [6.07, 6.45) is 8.65. The summed E-state index contributed by atoms with van der Waals surface area (Å²) in [7, 11) is -1.07. The molecule has 3 aliphatic rings. The Morgan fingerprint density at radius 3 is 2.89 bits per heavy atom. The van der Waals surface area contributed by atoms with E-state index in [1.165, 1.54) is 38.5 Å². The van der Waals surface area contributed by atoms with Gasteiger partial charge in [-0.2, -0.15) is 0 Å². The Morgan fingerprint density at radius 2 is 2.00 bits per heavy atom. The lowest BCUT2D eigenvalue weighted by atomic mass is 9.78. The van der Waals surface area contributed by atoms with Gasteiger partial charge >= 0.3 is 0 Å². The highest BCUT2D eigenvalue weighted by atomic mass is 28.3. The molecule has 4 rings (SSSR count). The first-order valence-electron chi connectivity index (χ1n) is 7.85. The van der Waals surface area contributed by atoms with Crippen LogP contribution >= 0.6 is 0 Å². The van der Waals surface area contributed by atoms with Crippen LogP contribution in [0.15, 0.2) is 6.07 Å². The van der Waals surface area contributed by atoms with E-state index in [4.69, 9.17) is 0 Å². The Morgan fingerprint density at radius 1 is 1.11 bits per heavy atom. The lowest BCUT2D eigenvalue weighted by Crippen LogP contribution is -2.54. The summed E-state index contributed by atoms with van der Waals surface area (Å²) in [5.41, 5.74) is 7.08. The van der Waals surface area contributed by atoms with Crippen LogP contribution in [0, 0.1) is 6.92 Å². The Hall–Kier alpha value is -0.563. The molecule has 0 bridgehead atoms. The van der Waals surface area contributed by atoms with Gasteiger partial charge in [0, 0.05) is 0 Å². The molecule has 0 aromatic heterocycles. The first-order valence-corrected chi connectivity index (χ1v) is 10.8. The van der Waals surface area contributed by atoms with Crippen LogP contribution in [0.1, 0.15) is 53.9 Å². The molecule has 2 unspecified atom stereocenters. The maximum Gasteiger partial charge on any atom is 0.0844 e. The first-order chi connectivity index (χ1) is 8.69. The van der Waals surface area contributed by atoms with Crippen LogP contribution in [0.5, 0.6) is 0 Å². The highest BCUT2D eigenvalue weighted by Crippen LogP contribution is 2.45. The lowest BCUT2D eigenvalue weighted by Gasteiger charge is -2.45. The highest BCUT2D eigenvalue weighted by molar-refractivity contribution is 6.92. The summed E-state index contributed by atoms with van der Waals surface area (Å²) in [6.45, 7) is 5.06. The van der Waals surface area contributed by atoms with Gasteiger partial charge in [-0.15, -0.1) is 0 Å². The molecule has 2 aliphatic heterocycles. The van der Waals surface area contributed by atoms with Gasteiger partial charge in [0.05, 0.1) is 8.07 Å². The monoisotopic (exact) mass is 256 g/mol. The van der Waals surface area contributed by atoms with Crippen molar-refractivity contribution in [2.75, 3.05) is 0 Å². The normalized spacial score (nSPS) is 33.1. The molecule has 1 aromatic rings. The van der Waals surface area contributed by atoms with Gasteiger partial charge < -0.3 is 0 Å². The molecule has 1 aromatic carbocycles. The molecule has 2 heterocycles. The van der Waals surface area contributed by atoms with E-state index in [0.29, 0.717) is 0 Å². The molecule has 0 nitrogen and oxygen atoms in total. The quantitative estimate of drug-likeness (QED) is 0.614. The van der Waals surface area contributed by atoms with Crippen LogP contribution < -0.4 is 5.19 Å². The summed E-state index contributed by atoms with van der Waals surface area (Å²) >= 11 is 0. The predicted octanol–water partition coefficient (Wildman–Crippen LogP) is 4.05. The maximum atomic E-state index is 2.69. The molecular weight excluding hydrogens is 232 g/mol. The van der Waals surface area contributed by atoms with Crippen molar-refractivity contribution in [2.24, 2.45) is 0 Å². The van der Waals surface area contributed by atoms with Crippen molar-refractivity contribution in [3.05, 3.63) is 28.3 Å². The molecule has 0 radical (unpaired) electrons. The summed E-state index contributed by atoms with van der Waals surface area (Å²) in [4.78, 5) is 0. The minimum Gasteiger partial charge on any atom is -0.0652 e. The first kappa shape index (κ1) is 11.3. The van der Waals surface area contributed by atoms with Gasteiger partial charge in [-0.1, -0.05) is 36.3 Å². The van der Waals surface area contributed by atoms with Crippen LogP contribution in [-0.4, -0.2) is 8.07 Å². The maximum absolute atomic E-state index is 2.69. The third-order valence-corrected chi connectivity index (χ3v) is 10.6. The van der Waals surface area contributed by atoms with Crippen LogP contribution in [0.25, 0.3) is 0 Å². The topological polar surface area (TPSA) is 0 Å². The minimum atomic E-state index is -1.07. The van der Waals surface area contributed by atoms with Gasteiger partial charge in [0.15, 0.2) is 0 Å². The van der Waals surface area contributed by atoms with Crippen molar-refractivity contribution in [2.45, 2.75) is 70.0 Å². The molecule has 2 atom stereocenters. The number of benzene rings is 1. The molecule has 0 saturated carbocycles. The van der Waals surface area contributed by atoms with Crippen molar-refractivity contribution in [1.29, 1.82) is 0 Å². The second kappa shape index (κ2) is 3.72. The van der Waals surface area contributed by atoms with E-state index in [1.807, 2.05) is 10.8 Å². The van der Waals surface area contributed by atoms with Crippen molar-refractivity contribution in [1.82, 2.24) is 0 Å². The van der Waals surface area contributed by atoms with Gasteiger partial charge in [-0.3, -0.25) is 0 Å². The molecule has 96 valence electrons. The van der Waals surface area contributed by atoms with Crippen molar-refractivity contribution >= 4 is 13.3 Å². The number of hydrogen-bond acceptors (Lipinski definition) is 0. The summed E-state index contributed by atoms with van der Waals surface area (Å²) in [6, 6.07) is 5.73. The zero-order valence-electron chi connectivity index (χ0n) is 11.8. The fraction of sp³-hybridized carbons (Fsp3) is 0.647. The van der Waals surface area contributed by atoms with E-state index in [1.54, 1.807) is 28.8 Å². The molecule has 1 aliphatic carbocycles. The van der Waals surface area contributed by atoms with Crippen LogP contribution in [0.4, 0.5) is 0 Å². The average molecular weight is 256 g/mol. The van der Waals surface area contributed by atoms with E-state index in [2.05, 4.69) is 19.5 Å². The van der Waals surface area contributed by atoms with Gasteiger partial charge in [0.2, 0.25) is 0 Å². The van der Waals surface area contributed by atoms with Gasteiger partial charge in [-0.25, -0.2) is 0 Å². The zero-order chi connectivity index (χ0) is 12.3. The fourth-order valence-corrected chi connectivity index (χ4v) is 9.81. The smallest absolute Gasteiger partial charge is 0.0652 e. The Bertz CT molecular complexity index is 517. The SMILES string of the molecule is Cc1cc2c3c4c1CCCC4CC[Si]3(C)CCC2. The van der Waals surface area contributed by atoms with Gasteiger partial charge in [-0.05, 0) is 67.2 Å². The summed E-state index contributed by atoms with van der Waals surface area (Å²) in [5.74, 6) is 0.945. The number of hydrogen-bond donors (Lipinski definition) is 0. The van der Waals surface area contributed by atoms with E-state index in [9.17, 15) is 0 Å². The second-order valence-electron chi connectivity index (χ2n) is 7.16. The molecule has 0 N–H and O–H groups in total. The van der Waals surface area contributed by atoms with Crippen molar-refractivity contribution in [3.63, 3.8) is 0 Å². The Balaban J connectivity index is 2.05. The third kappa shape index (κ3) is 1.37. The molecule has 18 heavy (non-hydrogen) atoms. The zero-order valence-corrected chi connectivity index (χ0v) is 12.8. The van der Waals surface area contributed by atoms with Gasteiger partial charge in [0.1, 0.15) is 0 Å². The Labute approximate surface area is 112 Å². The number of rotatable bonds is 0. The number of aryl methyl sites for hydroxylation is 2. The fourth-order valence-electron chi connectivity index (χ4n) is 5.14. The summed E-state index contributed by atoms with van der Waals surface area (Å²) in [5, 5.41) is 1.96. The molecule has 0 amide bonds. The molecule has 0 saturated heterocycles. The third-order valence-electron chi connectivity index (χ3n) is 5.99. The van der Waals surface area contributed by atoms with Crippen LogP contribution in [0.2, 0.25) is 18.6 Å². The summed E-state index contributed by atoms with van der Waals surface area (Å²) < 4.78 is 0. The molecular formula is C17H24Si. The van der Waals surface area contributed by atoms with E-state index in [0.717, 1.165) is 5.92 Å². The molecule has 1 heteroatoms. The highest BCUT2D eigenvalue weighted by Gasteiger charge is 2.43. The van der Waals surface area contributed by atoms with Crippen LogP contribution in [-0.2, 0) is 12.8 Å². The lowest BCUT2D eigenvalue weighted by molar-refractivity contribution is 0.529. The van der Waals surface area contributed by atoms with E-state index in [-0.39, 0.29) is 0 Å². The van der Waals surface area contributed by atoms with E-state index < -0.39 is 8.07 Å². The standard InChI is InChI=1S/C17H24Si/c1-12-11-14-6-4-9-18(2)10-8-13-5-3-7-15(12)16(13)17(14)18/h11,13H,3-10H2,1-2H3. The van der Waals surface area contributed by atoms with E-state index >= 15 is 0 Å². The average Bonchev–Trinajstić information content (AvgIpc) is 2.37. The van der Waals surface area contributed by atoms with Gasteiger partial charge in [0.25, 0.3) is 0 Å². The Kier molecular flexibility index (Phi) is 2.33. The second-order valence-corrected chi connectivity index (χ2v) is 11.8. The molecule has 0 spiro atoms. The minimum absolute atomic E-state index is 0.945. The van der Waals surface area contributed by atoms with Crippen molar-refractivity contribution in [3.8, 4) is 0 Å². The van der Waals surface area contributed by atoms with Crippen molar-refractivity contribution < 1.29 is 0 Å². The predicted molar refractivity (Wildman–Crippen MR) is 80.7 cm³/mol. The molecule has 0 fully saturated rings.